The average Bonchev–Trinajstić information content (AvgIpc) is 2.17. The molecule has 3 nitrogen and oxygen atoms in total. The summed E-state index contributed by atoms with van der Waals surface area (Å²) < 4.78 is 10.8. The van der Waals surface area contributed by atoms with Crippen LogP contribution in [0.3, 0.4) is 0 Å². The molecule has 0 spiro atoms. The first-order valence-corrected chi connectivity index (χ1v) is 5.14. The van der Waals surface area contributed by atoms with E-state index in [4.69, 9.17) is 14.6 Å². The number of aliphatic hydroxyl groups is 1. The zero-order chi connectivity index (χ0) is 11.0. The quantitative estimate of drug-likeness (QED) is 0.507. The fourth-order valence-corrected chi connectivity index (χ4v) is 1.10. The van der Waals surface area contributed by atoms with Gasteiger partial charge in [-0.15, -0.1) is 0 Å². The molecule has 0 radical (unpaired) electrons. The molecule has 0 heterocycles. The van der Waals surface area contributed by atoms with Gasteiger partial charge < -0.3 is 14.6 Å². The summed E-state index contributed by atoms with van der Waals surface area (Å²) in [6.07, 6.45) is 0.556. The molecule has 0 saturated heterocycles. The van der Waals surface area contributed by atoms with Crippen LogP contribution in [0.4, 0.5) is 0 Å². The third kappa shape index (κ3) is 5.37. The minimum Gasteiger partial charge on any atom is -0.392 e. The largest absolute Gasteiger partial charge is 0.392 e. The van der Waals surface area contributed by atoms with E-state index in [1.54, 1.807) is 0 Å². The molecule has 0 unspecified atom stereocenters. The Balaban J connectivity index is 4.13. The van der Waals surface area contributed by atoms with Crippen molar-refractivity contribution in [3.8, 4) is 0 Å². The number of hydrogen-bond acceptors (Lipinski definition) is 3. The second kappa shape index (κ2) is 7.97. The van der Waals surface area contributed by atoms with Crippen LogP contribution in [0, 0.1) is 0 Å². The molecule has 0 aliphatic carbocycles. The van der Waals surface area contributed by atoms with Crippen LogP contribution < -0.4 is 0 Å². The minimum absolute atomic E-state index is 0.108. The van der Waals surface area contributed by atoms with Crippen LogP contribution in [0.1, 0.15) is 34.1 Å². The van der Waals surface area contributed by atoms with Crippen LogP contribution in [0.25, 0.3) is 0 Å². The summed E-state index contributed by atoms with van der Waals surface area (Å²) in [7, 11) is 0. The van der Waals surface area contributed by atoms with E-state index in [2.05, 4.69) is 0 Å². The lowest BCUT2D eigenvalue weighted by molar-refractivity contribution is -0.134. The van der Waals surface area contributed by atoms with E-state index >= 15 is 0 Å². The lowest BCUT2D eigenvalue weighted by Gasteiger charge is -2.18. The number of ether oxygens (including phenoxy) is 2. The second-order valence-corrected chi connectivity index (χ2v) is 3.26. The maximum atomic E-state index is 8.94. The van der Waals surface area contributed by atoms with Gasteiger partial charge in [0.15, 0.2) is 6.29 Å². The smallest absolute Gasteiger partial charge is 0.161 e. The summed E-state index contributed by atoms with van der Waals surface area (Å²) in [6, 6.07) is 0. The number of hydrogen-bond donors (Lipinski definition) is 1. The highest BCUT2D eigenvalue weighted by atomic mass is 16.7. The molecule has 0 saturated carbocycles. The molecule has 0 aliphatic heterocycles. The SMILES string of the molecule is CCOC(C/C(C)=C(\C)CO)OCC. The van der Waals surface area contributed by atoms with Crippen LogP contribution in [-0.2, 0) is 9.47 Å². The molecule has 0 amide bonds. The van der Waals surface area contributed by atoms with E-state index in [1.807, 2.05) is 27.7 Å². The molecule has 0 aromatic carbocycles. The number of rotatable bonds is 7. The van der Waals surface area contributed by atoms with E-state index in [0.29, 0.717) is 13.2 Å². The predicted molar refractivity (Wildman–Crippen MR) is 57.1 cm³/mol. The Morgan fingerprint density at radius 1 is 1.07 bits per heavy atom. The Morgan fingerprint density at radius 3 is 1.93 bits per heavy atom. The fraction of sp³-hybridized carbons (Fsp3) is 0.818. The number of aliphatic hydroxyl groups excluding tert-OH is 1. The van der Waals surface area contributed by atoms with Crippen molar-refractivity contribution in [2.45, 2.75) is 40.4 Å². The topological polar surface area (TPSA) is 38.7 Å². The maximum absolute atomic E-state index is 8.94. The summed E-state index contributed by atoms with van der Waals surface area (Å²) in [5.41, 5.74) is 2.13. The van der Waals surface area contributed by atoms with Crippen LogP contribution >= 0.6 is 0 Å². The minimum atomic E-state index is -0.175. The van der Waals surface area contributed by atoms with Gasteiger partial charge in [-0.1, -0.05) is 5.57 Å². The Kier molecular flexibility index (Phi) is 7.76. The van der Waals surface area contributed by atoms with Crippen molar-refractivity contribution in [1.29, 1.82) is 0 Å². The molecule has 84 valence electrons. The highest BCUT2D eigenvalue weighted by Gasteiger charge is 2.09. The zero-order valence-electron chi connectivity index (χ0n) is 9.67. The van der Waals surface area contributed by atoms with Gasteiger partial charge in [0.1, 0.15) is 0 Å². The summed E-state index contributed by atoms with van der Waals surface area (Å²) in [4.78, 5) is 0. The summed E-state index contributed by atoms with van der Waals surface area (Å²) in [5.74, 6) is 0. The van der Waals surface area contributed by atoms with Gasteiger partial charge in [-0.2, -0.15) is 0 Å². The molecule has 14 heavy (non-hydrogen) atoms. The normalized spacial score (nSPS) is 13.3. The van der Waals surface area contributed by atoms with Gasteiger partial charge in [0, 0.05) is 19.6 Å². The Labute approximate surface area is 86.7 Å². The Hall–Kier alpha value is -0.380. The third-order valence-electron chi connectivity index (χ3n) is 2.14. The first-order valence-electron chi connectivity index (χ1n) is 5.14. The Morgan fingerprint density at radius 2 is 1.57 bits per heavy atom. The second-order valence-electron chi connectivity index (χ2n) is 3.26. The molecular formula is C11H22O3. The van der Waals surface area contributed by atoms with Crippen molar-refractivity contribution in [3.05, 3.63) is 11.1 Å². The monoisotopic (exact) mass is 202 g/mol. The van der Waals surface area contributed by atoms with Crippen LogP contribution in [0.15, 0.2) is 11.1 Å². The molecule has 0 bridgehead atoms. The van der Waals surface area contributed by atoms with E-state index in [9.17, 15) is 0 Å². The molecule has 0 fully saturated rings. The highest BCUT2D eigenvalue weighted by molar-refractivity contribution is 5.09. The maximum Gasteiger partial charge on any atom is 0.161 e. The fourth-order valence-electron chi connectivity index (χ4n) is 1.10. The molecule has 0 aliphatic rings. The van der Waals surface area contributed by atoms with E-state index in [0.717, 1.165) is 17.6 Å². The van der Waals surface area contributed by atoms with Gasteiger partial charge in [-0.05, 0) is 33.3 Å². The van der Waals surface area contributed by atoms with E-state index < -0.39 is 0 Å². The molecule has 3 heteroatoms. The standard InChI is InChI=1S/C11H22O3/c1-5-13-11(14-6-2)7-9(3)10(4)8-12/h11-12H,5-8H2,1-4H3/b10-9+. The molecule has 0 aromatic rings. The molecule has 0 atom stereocenters. The summed E-state index contributed by atoms with van der Waals surface area (Å²) in [5, 5.41) is 8.94. The van der Waals surface area contributed by atoms with E-state index in [-0.39, 0.29) is 12.9 Å². The lowest BCUT2D eigenvalue weighted by atomic mass is 10.1. The van der Waals surface area contributed by atoms with Crippen LogP contribution in [-0.4, -0.2) is 31.2 Å². The van der Waals surface area contributed by atoms with Crippen LogP contribution in [0.2, 0.25) is 0 Å². The van der Waals surface area contributed by atoms with Gasteiger partial charge in [-0.25, -0.2) is 0 Å². The molecule has 1 N–H and O–H groups in total. The molecule has 0 aromatic heterocycles. The summed E-state index contributed by atoms with van der Waals surface area (Å²) in [6.45, 7) is 9.22. The van der Waals surface area contributed by atoms with Crippen LogP contribution in [0.5, 0.6) is 0 Å². The van der Waals surface area contributed by atoms with Crippen molar-refractivity contribution in [2.75, 3.05) is 19.8 Å². The first kappa shape index (κ1) is 13.6. The summed E-state index contributed by atoms with van der Waals surface area (Å²) >= 11 is 0. The third-order valence-corrected chi connectivity index (χ3v) is 2.14. The van der Waals surface area contributed by atoms with Crippen molar-refractivity contribution in [1.82, 2.24) is 0 Å². The van der Waals surface area contributed by atoms with Gasteiger partial charge >= 0.3 is 0 Å². The first-order chi connectivity index (χ1) is 6.65. The molecule has 0 rings (SSSR count). The van der Waals surface area contributed by atoms with Crippen molar-refractivity contribution >= 4 is 0 Å². The van der Waals surface area contributed by atoms with Gasteiger partial charge in [0.2, 0.25) is 0 Å². The van der Waals surface area contributed by atoms with Crippen molar-refractivity contribution in [3.63, 3.8) is 0 Å². The lowest BCUT2D eigenvalue weighted by Crippen LogP contribution is -2.18. The van der Waals surface area contributed by atoms with Gasteiger partial charge in [0.25, 0.3) is 0 Å². The van der Waals surface area contributed by atoms with Crippen molar-refractivity contribution in [2.24, 2.45) is 0 Å². The Bertz CT molecular complexity index is 169. The van der Waals surface area contributed by atoms with Gasteiger partial charge in [-0.3, -0.25) is 0 Å². The van der Waals surface area contributed by atoms with Crippen molar-refractivity contribution < 1.29 is 14.6 Å². The van der Waals surface area contributed by atoms with Gasteiger partial charge in [0.05, 0.1) is 6.61 Å². The molecular weight excluding hydrogens is 180 g/mol. The predicted octanol–water partition coefficient (Wildman–Crippen LogP) is 2.10. The average molecular weight is 202 g/mol. The highest BCUT2D eigenvalue weighted by Crippen LogP contribution is 2.13. The van der Waals surface area contributed by atoms with E-state index in [1.165, 1.54) is 0 Å². The zero-order valence-corrected chi connectivity index (χ0v) is 9.67.